The summed E-state index contributed by atoms with van der Waals surface area (Å²) in [5.74, 6) is -0.908. The number of nitrogens with two attached hydrogens (primary N) is 1. The van der Waals surface area contributed by atoms with Crippen LogP contribution < -0.4 is 11.1 Å². The summed E-state index contributed by atoms with van der Waals surface area (Å²) >= 11 is 0. The van der Waals surface area contributed by atoms with Crippen LogP contribution in [-0.2, 0) is 14.4 Å². The molecule has 0 unspecified atom stereocenters. The Hall–Kier alpha value is -1.85. The normalized spacial score (nSPS) is 9.29. The van der Waals surface area contributed by atoms with Gasteiger partial charge in [-0.15, -0.1) is 0 Å². The molecule has 1 atom stereocenters. The van der Waals surface area contributed by atoms with Crippen LogP contribution in [0.2, 0.25) is 0 Å². The topological polar surface area (TPSA) is 157 Å². The Balaban J connectivity index is -0.000000273. The van der Waals surface area contributed by atoms with Crippen molar-refractivity contribution in [2.24, 2.45) is 5.73 Å². The van der Waals surface area contributed by atoms with Gasteiger partial charge < -0.3 is 16.2 Å². The molecule has 0 heterocycles. The minimum atomic E-state index is -0.908. The molecular formula is C9H18N4O4. The van der Waals surface area contributed by atoms with E-state index in [4.69, 9.17) is 31.2 Å². The van der Waals surface area contributed by atoms with Crippen molar-refractivity contribution in [1.29, 1.82) is 10.8 Å². The highest BCUT2D eigenvalue weighted by Crippen LogP contribution is 1.97. The number of unbranched alkanes of at least 4 members (excludes halogenated alkanes) is 1. The third-order valence-electron chi connectivity index (χ3n) is 1.51. The summed E-state index contributed by atoms with van der Waals surface area (Å²) < 4.78 is 0. The van der Waals surface area contributed by atoms with E-state index in [2.05, 4.69) is 5.32 Å². The Morgan fingerprint density at radius 1 is 1.35 bits per heavy atom. The zero-order valence-electron chi connectivity index (χ0n) is 9.66. The van der Waals surface area contributed by atoms with Crippen molar-refractivity contribution in [1.82, 2.24) is 5.32 Å². The molecular weight excluding hydrogens is 228 g/mol. The van der Waals surface area contributed by atoms with Gasteiger partial charge in [0.2, 0.25) is 12.2 Å². The monoisotopic (exact) mass is 246 g/mol. The molecule has 8 heteroatoms. The minimum absolute atomic E-state index is 0.566. The Morgan fingerprint density at radius 2 is 1.76 bits per heavy atom. The average Bonchev–Trinajstić information content (AvgIpc) is 2.26. The highest BCUT2D eigenvalue weighted by Gasteiger charge is 2.09. The van der Waals surface area contributed by atoms with Crippen LogP contribution in [0.1, 0.15) is 19.3 Å². The van der Waals surface area contributed by atoms with Crippen LogP contribution in [0.25, 0.3) is 0 Å². The number of carboxylic acids is 1. The molecule has 0 aliphatic carbocycles. The molecule has 0 spiro atoms. The molecule has 0 amide bonds. The molecule has 6 N–H and O–H groups in total. The van der Waals surface area contributed by atoms with Gasteiger partial charge in [-0.05, 0) is 26.4 Å². The van der Waals surface area contributed by atoms with Crippen molar-refractivity contribution < 1.29 is 19.5 Å². The number of nitrogens with one attached hydrogen (secondary N) is 3. The SMILES string of the molecule is CNCCCC[C@H](N)C(=O)O.N=C=O.N=C=O. The van der Waals surface area contributed by atoms with Crippen LogP contribution in [0.4, 0.5) is 0 Å². The number of hydrogen-bond donors (Lipinski definition) is 5. The molecule has 0 aromatic carbocycles. The number of hydrogen-bond acceptors (Lipinski definition) is 7. The maximum atomic E-state index is 10.2. The second kappa shape index (κ2) is 19.7. The Bertz CT molecular complexity index is 233. The van der Waals surface area contributed by atoms with Gasteiger partial charge in [0.25, 0.3) is 0 Å². The second-order valence-electron chi connectivity index (χ2n) is 2.75. The average molecular weight is 246 g/mol. The third kappa shape index (κ3) is 31.4. The van der Waals surface area contributed by atoms with E-state index >= 15 is 0 Å². The Labute approximate surface area is 99.2 Å². The summed E-state index contributed by atoms with van der Waals surface area (Å²) in [6.45, 7) is 0.923. The number of carbonyl (C=O) groups excluding carboxylic acids is 2. The maximum Gasteiger partial charge on any atom is 0.320 e. The van der Waals surface area contributed by atoms with Gasteiger partial charge in [0.15, 0.2) is 0 Å². The zero-order chi connectivity index (χ0) is 14.1. The van der Waals surface area contributed by atoms with Crippen LogP contribution >= 0.6 is 0 Å². The molecule has 17 heavy (non-hydrogen) atoms. The molecule has 0 aromatic rings. The number of rotatable bonds is 6. The van der Waals surface area contributed by atoms with E-state index in [0.29, 0.717) is 6.42 Å². The standard InChI is InChI=1S/C7H16N2O2.2CHNO/c1-9-5-3-2-4-6(8)7(10)11;2*2-1-3/h6,9H,2-5,8H2,1H3,(H,10,11);2*2H/t6-;;/m0../s1. The molecule has 0 fully saturated rings. The van der Waals surface area contributed by atoms with Crippen LogP contribution in [-0.4, -0.2) is 42.9 Å². The molecule has 0 saturated heterocycles. The van der Waals surface area contributed by atoms with Gasteiger partial charge in [0, 0.05) is 0 Å². The van der Waals surface area contributed by atoms with Gasteiger partial charge in [-0.1, -0.05) is 6.42 Å². The van der Waals surface area contributed by atoms with Gasteiger partial charge >= 0.3 is 5.97 Å². The molecule has 0 radical (unpaired) electrons. The van der Waals surface area contributed by atoms with Crippen LogP contribution in [0.5, 0.6) is 0 Å². The maximum absolute atomic E-state index is 10.2. The Kier molecular flexibility index (Phi) is 23.8. The van der Waals surface area contributed by atoms with Gasteiger partial charge in [-0.25, -0.2) is 20.4 Å². The van der Waals surface area contributed by atoms with Gasteiger partial charge in [0.05, 0.1) is 0 Å². The fourth-order valence-corrected chi connectivity index (χ4v) is 0.790. The number of carboxylic acid groups (broad SMARTS) is 1. The molecule has 8 nitrogen and oxygen atoms in total. The van der Waals surface area contributed by atoms with Gasteiger partial charge in [0.1, 0.15) is 6.04 Å². The highest BCUT2D eigenvalue weighted by molar-refractivity contribution is 5.72. The van der Waals surface area contributed by atoms with Crippen molar-refractivity contribution in [2.45, 2.75) is 25.3 Å². The summed E-state index contributed by atoms with van der Waals surface area (Å²) in [7, 11) is 1.87. The van der Waals surface area contributed by atoms with E-state index in [9.17, 15) is 4.79 Å². The first-order chi connectivity index (χ1) is 8.01. The van der Waals surface area contributed by atoms with E-state index in [1.807, 2.05) is 7.05 Å². The fraction of sp³-hybridized carbons (Fsp3) is 0.667. The lowest BCUT2D eigenvalue weighted by Crippen LogP contribution is -2.29. The van der Waals surface area contributed by atoms with E-state index in [1.54, 1.807) is 0 Å². The first-order valence-electron chi connectivity index (χ1n) is 4.72. The summed E-state index contributed by atoms with van der Waals surface area (Å²) in [6, 6.07) is -0.688. The van der Waals surface area contributed by atoms with E-state index < -0.39 is 12.0 Å². The Morgan fingerprint density at radius 3 is 2.06 bits per heavy atom. The van der Waals surface area contributed by atoms with E-state index in [-0.39, 0.29) is 0 Å². The molecule has 98 valence electrons. The van der Waals surface area contributed by atoms with E-state index in [0.717, 1.165) is 31.5 Å². The molecule has 0 aromatic heterocycles. The minimum Gasteiger partial charge on any atom is -0.480 e. The quantitative estimate of drug-likeness (QED) is 0.243. The molecule has 0 aliphatic heterocycles. The van der Waals surface area contributed by atoms with Gasteiger partial charge in [-0.2, -0.15) is 0 Å². The summed E-state index contributed by atoms with van der Waals surface area (Å²) in [5, 5.41) is 22.2. The number of carbonyl (C=O) groups is 1. The first kappa shape index (κ1) is 20.5. The lowest BCUT2D eigenvalue weighted by atomic mass is 10.1. The van der Waals surface area contributed by atoms with Crippen molar-refractivity contribution in [3.05, 3.63) is 0 Å². The summed E-state index contributed by atoms with van der Waals surface area (Å²) in [4.78, 5) is 26.9. The van der Waals surface area contributed by atoms with Crippen LogP contribution in [0.3, 0.4) is 0 Å². The van der Waals surface area contributed by atoms with Crippen molar-refractivity contribution in [3.8, 4) is 0 Å². The molecule has 0 saturated carbocycles. The molecule has 0 rings (SSSR count). The number of aliphatic carboxylic acids is 1. The highest BCUT2D eigenvalue weighted by atomic mass is 16.4. The number of isocyanates is 2. The third-order valence-corrected chi connectivity index (χ3v) is 1.51. The molecule has 0 bridgehead atoms. The fourth-order valence-electron chi connectivity index (χ4n) is 0.790. The van der Waals surface area contributed by atoms with Crippen LogP contribution in [0, 0.1) is 10.8 Å². The zero-order valence-corrected chi connectivity index (χ0v) is 9.66. The van der Waals surface area contributed by atoms with Gasteiger partial charge in [-0.3, -0.25) is 4.79 Å². The summed E-state index contributed by atoms with van der Waals surface area (Å²) in [6.07, 6.45) is 3.92. The predicted octanol–water partition coefficient (Wildman–Crippen LogP) is -0.410. The largest absolute Gasteiger partial charge is 0.480 e. The predicted molar refractivity (Wildman–Crippen MR) is 60.2 cm³/mol. The first-order valence-corrected chi connectivity index (χ1v) is 4.72. The smallest absolute Gasteiger partial charge is 0.320 e. The van der Waals surface area contributed by atoms with Crippen LogP contribution in [0.15, 0.2) is 0 Å². The lowest BCUT2D eigenvalue weighted by molar-refractivity contribution is -0.138. The second-order valence-corrected chi connectivity index (χ2v) is 2.75. The van der Waals surface area contributed by atoms with E-state index in [1.165, 1.54) is 0 Å². The molecule has 0 aliphatic rings. The lowest BCUT2D eigenvalue weighted by Gasteiger charge is -2.04. The van der Waals surface area contributed by atoms with Crippen molar-refractivity contribution in [2.75, 3.05) is 13.6 Å². The van der Waals surface area contributed by atoms with Crippen molar-refractivity contribution >= 4 is 18.1 Å². The van der Waals surface area contributed by atoms with Crippen molar-refractivity contribution in [3.63, 3.8) is 0 Å². The summed E-state index contributed by atoms with van der Waals surface area (Å²) in [5.41, 5.74) is 5.28.